The zero-order chi connectivity index (χ0) is 12.4. The van der Waals surface area contributed by atoms with Crippen LogP contribution in [0.4, 0.5) is 11.4 Å². The first-order valence-corrected chi connectivity index (χ1v) is 5.82. The van der Waals surface area contributed by atoms with Crippen molar-refractivity contribution >= 4 is 23.8 Å². The van der Waals surface area contributed by atoms with Gasteiger partial charge in [0.2, 0.25) is 0 Å². The van der Waals surface area contributed by atoms with E-state index >= 15 is 0 Å². The van der Waals surface area contributed by atoms with Gasteiger partial charge >= 0.3 is 0 Å². The Kier molecular flexibility index (Phi) is 4.93. The van der Waals surface area contributed by atoms with Crippen LogP contribution in [0.3, 0.4) is 0 Å². The number of piperazine rings is 1. The zero-order valence-electron chi connectivity index (χ0n) is 10.5. The highest BCUT2D eigenvalue weighted by atomic mass is 35.5. The maximum atomic E-state index is 11.0. The minimum Gasteiger partial charge on any atom is -0.363 e. The van der Waals surface area contributed by atoms with E-state index in [9.17, 15) is 10.1 Å². The highest BCUT2D eigenvalue weighted by Crippen LogP contribution is 2.28. The van der Waals surface area contributed by atoms with Gasteiger partial charge in [0, 0.05) is 31.2 Å². The molecule has 2 rings (SSSR count). The summed E-state index contributed by atoms with van der Waals surface area (Å²) < 4.78 is 0. The van der Waals surface area contributed by atoms with Crippen LogP contribution in [0.1, 0.15) is 13.8 Å². The second-order valence-electron chi connectivity index (χ2n) is 4.62. The van der Waals surface area contributed by atoms with Crippen molar-refractivity contribution in [1.82, 2.24) is 5.32 Å². The third-order valence-corrected chi connectivity index (χ3v) is 2.98. The molecule has 1 fully saturated rings. The fourth-order valence-electron chi connectivity index (χ4n) is 2.41. The quantitative estimate of drug-likeness (QED) is 0.662. The molecule has 2 unspecified atom stereocenters. The number of nitro benzene ring substituents is 1. The van der Waals surface area contributed by atoms with E-state index in [4.69, 9.17) is 0 Å². The fraction of sp³-hybridized carbons (Fsp3) is 0.500. The van der Waals surface area contributed by atoms with Crippen molar-refractivity contribution in [3.05, 3.63) is 34.4 Å². The molecule has 0 aromatic heterocycles. The lowest BCUT2D eigenvalue weighted by atomic mass is 10.1. The molecule has 0 spiro atoms. The predicted octanol–water partition coefficient (Wildman–Crippen LogP) is 2.20. The van der Waals surface area contributed by atoms with Crippen LogP contribution >= 0.6 is 12.4 Å². The Balaban J connectivity index is 0.00000162. The Labute approximate surface area is 113 Å². The summed E-state index contributed by atoms with van der Waals surface area (Å²) >= 11 is 0. The third-order valence-electron chi connectivity index (χ3n) is 2.98. The van der Waals surface area contributed by atoms with Gasteiger partial charge in [-0.1, -0.05) is 12.1 Å². The van der Waals surface area contributed by atoms with Crippen molar-refractivity contribution in [2.45, 2.75) is 25.9 Å². The predicted molar refractivity (Wildman–Crippen MR) is 74.6 cm³/mol. The molecular formula is C12H18ClN3O2. The van der Waals surface area contributed by atoms with Crippen LogP contribution in [-0.2, 0) is 0 Å². The number of benzene rings is 1. The largest absolute Gasteiger partial charge is 0.363 e. The Hall–Kier alpha value is -1.33. The standard InChI is InChI=1S/C12H17N3O2.ClH/c1-9-7-14(8-10(2)13-9)11-5-3-4-6-12(11)15(16)17;/h3-6,9-10,13H,7-8H2,1-2H3;1H. The van der Waals surface area contributed by atoms with Gasteiger partial charge in [-0.2, -0.15) is 0 Å². The van der Waals surface area contributed by atoms with Gasteiger partial charge in [-0.25, -0.2) is 0 Å². The first-order valence-electron chi connectivity index (χ1n) is 5.82. The molecule has 1 aliphatic rings. The van der Waals surface area contributed by atoms with Gasteiger partial charge in [0.1, 0.15) is 5.69 Å². The molecular weight excluding hydrogens is 254 g/mol. The molecule has 2 atom stereocenters. The molecule has 1 aromatic rings. The van der Waals surface area contributed by atoms with Gasteiger partial charge in [0.15, 0.2) is 0 Å². The summed E-state index contributed by atoms with van der Waals surface area (Å²) in [4.78, 5) is 12.8. The first kappa shape index (κ1) is 14.7. The molecule has 5 nitrogen and oxygen atoms in total. The average molecular weight is 272 g/mol. The minimum absolute atomic E-state index is 0. The Morgan fingerprint density at radius 1 is 1.28 bits per heavy atom. The fourth-order valence-corrected chi connectivity index (χ4v) is 2.41. The van der Waals surface area contributed by atoms with E-state index in [1.54, 1.807) is 12.1 Å². The summed E-state index contributed by atoms with van der Waals surface area (Å²) in [5.74, 6) is 0. The van der Waals surface area contributed by atoms with Crippen LogP contribution in [0.15, 0.2) is 24.3 Å². The summed E-state index contributed by atoms with van der Waals surface area (Å²) in [6, 6.07) is 7.63. The molecule has 1 heterocycles. The summed E-state index contributed by atoms with van der Waals surface area (Å²) in [6.45, 7) is 5.79. The van der Waals surface area contributed by atoms with Crippen LogP contribution in [0, 0.1) is 10.1 Å². The van der Waals surface area contributed by atoms with E-state index in [1.807, 2.05) is 12.1 Å². The van der Waals surface area contributed by atoms with Gasteiger partial charge in [-0.05, 0) is 19.9 Å². The highest BCUT2D eigenvalue weighted by molar-refractivity contribution is 5.85. The van der Waals surface area contributed by atoms with Crippen LogP contribution in [0.2, 0.25) is 0 Å². The van der Waals surface area contributed by atoms with Crippen molar-refractivity contribution in [2.24, 2.45) is 0 Å². The number of hydrogen-bond donors (Lipinski definition) is 1. The molecule has 0 radical (unpaired) electrons. The summed E-state index contributed by atoms with van der Waals surface area (Å²) in [7, 11) is 0. The van der Waals surface area contributed by atoms with Crippen molar-refractivity contribution in [3.63, 3.8) is 0 Å². The molecule has 18 heavy (non-hydrogen) atoms. The van der Waals surface area contributed by atoms with Crippen molar-refractivity contribution < 1.29 is 4.92 Å². The maximum Gasteiger partial charge on any atom is 0.292 e. The number of hydrogen-bond acceptors (Lipinski definition) is 4. The van der Waals surface area contributed by atoms with E-state index in [0.717, 1.165) is 18.8 Å². The summed E-state index contributed by atoms with van der Waals surface area (Å²) in [5.41, 5.74) is 0.909. The van der Waals surface area contributed by atoms with Crippen LogP contribution in [0.5, 0.6) is 0 Å². The smallest absolute Gasteiger partial charge is 0.292 e. The van der Waals surface area contributed by atoms with Crippen LogP contribution < -0.4 is 10.2 Å². The topological polar surface area (TPSA) is 58.4 Å². The number of anilines is 1. The monoisotopic (exact) mass is 271 g/mol. The number of nitro groups is 1. The molecule has 100 valence electrons. The second kappa shape index (κ2) is 6.02. The SMILES string of the molecule is CC1CN(c2ccccc2[N+](=O)[O-])CC(C)N1.Cl. The number of nitrogens with one attached hydrogen (secondary N) is 1. The minimum atomic E-state index is -0.313. The molecule has 0 saturated carbocycles. The number of nitrogens with zero attached hydrogens (tertiary/aromatic N) is 2. The number of para-hydroxylation sites is 2. The van der Waals surface area contributed by atoms with Gasteiger partial charge in [0.25, 0.3) is 5.69 Å². The van der Waals surface area contributed by atoms with E-state index in [1.165, 1.54) is 0 Å². The average Bonchev–Trinajstić information content (AvgIpc) is 2.27. The second-order valence-corrected chi connectivity index (χ2v) is 4.62. The molecule has 1 saturated heterocycles. The molecule has 0 bridgehead atoms. The van der Waals surface area contributed by atoms with Gasteiger partial charge in [-0.15, -0.1) is 12.4 Å². The first-order chi connectivity index (χ1) is 8.08. The third kappa shape index (κ3) is 3.11. The lowest BCUT2D eigenvalue weighted by Gasteiger charge is -2.37. The lowest BCUT2D eigenvalue weighted by molar-refractivity contribution is -0.384. The Morgan fingerprint density at radius 3 is 2.39 bits per heavy atom. The van der Waals surface area contributed by atoms with Crippen molar-refractivity contribution in [1.29, 1.82) is 0 Å². The summed E-state index contributed by atoms with van der Waals surface area (Å²) in [5, 5.41) is 14.4. The van der Waals surface area contributed by atoms with Crippen molar-refractivity contribution in [2.75, 3.05) is 18.0 Å². The van der Waals surface area contributed by atoms with E-state index < -0.39 is 0 Å². The molecule has 0 amide bonds. The van der Waals surface area contributed by atoms with E-state index in [2.05, 4.69) is 24.1 Å². The van der Waals surface area contributed by atoms with E-state index in [-0.39, 0.29) is 23.0 Å². The maximum absolute atomic E-state index is 11.0. The summed E-state index contributed by atoms with van der Waals surface area (Å²) in [6.07, 6.45) is 0. The lowest BCUT2D eigenvalue weighted by Crippen LogP contribution is -2.54. The van der Waals surface area contributed by atoms with Crippen LogP contribution in [-0.4, -0.2) is 30.1 Å². The normalized spacial score (nSPS) is 23.3. The number of rotatable bonds is 2. The van der Waals surface area contributed by atoms with Crippen LogP contribution in [0.25, 0.3) is 0 Å². The highest BCUT2D eigenvalue weighted by Gasteiger charge is 2.25. The zero-order valence-corrected chi connectivity index (χ0v) is 11.3. The van der Waals surface area contributed by atoms with E-state index in [0.29, 0.717) is 12.1 Å². The molecule has 1 aromatic carbocycles. The van der Waals surface area contributed by atoms with Gasteiger partial charge < -0.3 is 10.2 Å². The number of halogens is 1. The Bertz CT molecular complexity index is 418. The van der Waals surface area contributed by atoms with Crippen molar-refractivity contribution in [3.8, 4) is 0 Å². The van der Waals surface area contributed by atoms with Gasteiger partial charge in [0.05, 0.1) is 4.92 Å². The van der Waals surface area contributed by atoms with Gasteiger partial charge in [-0.3, -0.25) is 10.1 Å². The molecule has 1 aliphatic heterocycles. The molecule has 0 aliphatic carbocycles. The Morgan fingerprint density at radius 2 is 1.83 bits per heavy atom. The molecule has 6 heteroatoms. The molecule has 1 N–H and O–H groups in total.